The van der Waals surface area contributed by atoms with E-state index in [0.717, 1.165) is 25.0 Å². The average molecular weight is 192 g/mol. The highest BCUT2D eigenvalue weighted by molar-refractivity contribution is 7.85. The molecule has 0 aliphatic heterocycles. The highest BCUT2D eigenvalue weighted by Gasteiger charge is 2.19. The zero-order valence-electron chi connectivity index (χ0n) is 7.45. The Morgan fingerprint density at radius 1 is 1.33 bits per heavy atom. The summed E-state index contributed by atoms with van der Waals surface area (Å²) >= 11 is 0. The van der Waals surface area contributed by atoms with Gasteiger partial charge < -0.3 is 0 Å². The molecule has 1 fully saturated rings. The molecule has 1 saturated carbocycles. The third kappa shape index (κ3) is 5.55. The lowest BCUT2D eigenvalue weighted by Gasteiger charge is -1.99. The summed E-state index contributed by atoms with van der Waals surface area (Å²) in [6.45, 7) is 0.353. The van der Waals surface area contributed by atoms with Gasteiger partial charge >= 0.3 is 0 Å². The molecular weight excluding hydrogens is 176 g/mol. The predicted octanol–water partition coefficient (Wildman–Crippen LogP) is 1.54. The van der Waals surface area contributed by atoms with Crippen molar-refractivity contribution in [2.24, 2.45) is 5.92 Å². The molecule has 0 heterocycles. The Morgan fingerprint density at radius 2 is 2.00 bits per heavy atom. The quantitative estimate of drug-likeness (QED) is 0.473. The highest BCUT2D eigenvalue weighted by atomic mass is 32.2. The second kappa shape index (κ2) is 4.23. The maximum atomic E-state index is 10.5. The molecule has 0 unspecified atom stereocenters. The van der Waals surface area contributed by atoms with Crippen molar-refractivity contribution >= 4 is 10.1 Å². The Bertz CT molecular complexity index is 216. The van der Waals surface area contributed by atoms with Crippen LogP contribution >= 0.6 is 0 Å². The summed E-state index contributed by atoms with van der Waals surface area (Å²) in [7, 11) is -3.21. The van der Waals surface area contributed by atoms with Crippen molar-refractivity contribution in [2.75, 3.05) is 12.9 Å². The predicted molar refractivity (Wildman–Crippen MR) is 47.4 cm³/mol. The first kappa shape index (κ1) is 9.99. The average Bonchev–Trinajstić information content (AvgIpc) is 2.68. The zero-order valence-corrected chi connectivity index (χ0v) is 8.27. The Kier molecular flexibility index (Phi) is 3.53. The smallest absolute Gasteiger partial charge is 0.264 e. The number of hydrogen-bond donors (Lipinski definition) is 0. The Morgan fingerprint density at radius 3 is 2.50 bits per heavy atom. The first-order valence-corrected chi connectivity index (χ1v) is 6.24. The molecule has 1 aliphatic rings. The van der Waals surface area contributed by atoms with E-state index in [2.05, 4.69) is 4.18 Å². The van der Waals surface area contributed by atoms with Crippen molar-refractivity contribution in [3.63, 3.8) is 0 Å². The number of unbranched alkanes of at least 4 members (excludes halogenated alkanes) is 1. The molecule has 0 bridgehead atoms. The lowest BCUT2D eigenvalue weighted by Crippen LogP contribution is -2.03. The molecule has 72 valence electrons. The van der Waals surface area contributed by atoms with Crippen molar-refractivity contribution < 1.29 is 12.6 Å². The summed E-state index contributed by atoms with van der Waals surface area (Å²) < 4.78 is 25.6. The van der Waals surface area contributed by atoms with Crippen molar-refractivity contribution in [1.82, 2.24) is 0 Å². The van der Waals surface area contributed by atoms with Gasteiger partial charge in [-0.2, -0.15) is 8.42 Å². The third-order valence-electron chi connectivity index (χ3n) is 2.00. The van der Waals surface area contributed by atoms with Crippen LogP contribution in [0.3, 0.4) is 0 Å². The van der Waals surface area contributed by atoms with Crippen molar-refractivity contribution in [2.45, 2.75) is 32.1 Å². The van der Waals surface area contributed by atoms with E-state index in [-0.39, 0.29) is 0 Å². The molecule has 0 radical (unpaired) electrons. The zero-order chi connectivity index (χ0) is 9.03. The lowest BCUT2D eigenvalue weighted by molar-refractivity contribution is 0.309. The molecule has 0 aromatic heterocycles. The molecule has 0 spiro atoms. The fourth-order valence-corrected chi connectivity index (χ4v) is 1.57. The lowest BCUT2D eigenvalue weighted by atomic mass is 10.2. The molecule has 4 heteroatoms. The van der Waals surface area contributed by atoms with Gasteiger partial charge in [-0.15, -0.1) is 0 Å². The summed E-state index contributed by atoms with van der Waals surface area (Å²) in [4.78, 5) is 0. The van der Waals surface area contributed by atoms with E-state index < -0.39 is 10.1 Å². The third-order valence-corrected chi connectivity index (χ3v) is 2.60. The first-order chi connectivity index (χ1) is 5.58. The van der Waals surface area contributed by atoms with Crippen LogP contribution in [0.15, 0.2) is 0 Å². The molecule has 1 rings (SSSR count). The van der Waals surface area contributed by atoms with E-state index in [0.29, 0.717) is 6.61 Å². The van der Waals surface area contributed by atoms with Crippen molar-refractivity contribution in [3.8, 4) is 0 Å². The summed E-state index contributed by atoms with van der Waals surface area (Å²) in [5.41, 5.74) is 0. The number of rotatable bonds is 6. The Balaban J connectivity index is 1.88. The van der Waals surface area contributed by atoms with Gasteiger partial charge in [0, 0.05) is 0 Å². The van der Waals surface area contributed by atoms with Crippen LogP contribution in [0.1, 0.15) is 32.1 Å². The van der Waals surface area contributed by atoms with Gasteiger partial charge in [0.25, 0.3) is 10.1 Å². The van der Waals surface area contributed by atoms with Crippen LogP contribution in [0.25, 0.3) is 0 Å². The van der Waals surface area contributed by atoms with Crippen LogP contribution in [0.2, 0.25) is 0 Å². The van der Waals surface area contributed by atoms with E-state index in [9.17, 15) is 8.42 Å². The first-order valence-electron chi connectivity index (χ1n) is 4.42. The summed E-state index contributed by atoms with van der Waals surface area (Å²) in [6, 6.07) is 0. The van der Waals surface area contributed by atoms with E-state index in [1.807, 2.05) is 0 Å². The topological polar surface area (TPSA) is 43.4 Å². The monoisotopic (exact) mass is 192 g/mol. The Labute approximate surface area is 74.2 Å². The second-order valence-corrected chi connectivity index (χ2v) is 5.11. The highest BCUT2D eigenvalue weighted by Crippen LogP contribution is 2.33. The molecule has 12 heavy (non-hydrogen) atoms. The molecule has 0 atom stereocenters. The van der Waals surface area contributed by atoms with Crippen molar-refractivity contribution in [1.29, 1.82) is 0 Å². The van der Waals surface area contributed by atoms with Gasteiger partial charge in [0.05, 0.1) is 12.9 Å². The standard InChI is InChI=1S/C8H16O3S/c1-12(9,10)11-7-3-2-4-8-5-6-8/h8H,2-7H2,1H3. The van der Waals surface area contributed by atoms with E-state index >= 15 is 0 Å². The Hall–Kier alpha value is -0.0900. The summed E-state index contributed by atoms with van der Waals surface area (Å²) in [6.07, 6.45) is 7.03. The van der Waals surface area contributed by atoms with Crippen LogP contribution in [0.4, 0.5) is 0 Å². The van der Waals surface area contributed by atoms with E-state index in [1.54, 1.807) is 0 Å². The normalized spacial score (nSPS) is 18.1. The molecule has 0 aromatic carbocycles. The van der Waals surface area contributed by atoms with Gasteiger partial charge in [0.1, 0.15) is 0 Å². The van der Waals surface area contributed by atoms with Gasteiger partial charge in [0.2, 0.25) is 0 Å². The van der Waals surface area contributed by atoms with Crippen molar-refractivity contribution in [3.05, 3.63) is 0 Å². The fraction of sp³-hybridized carbons (Fsp3) is 1.00. The van der Waals surface area contributed by atoms with Crippen LogP contribution in [-0.2, 0) is 14.3 Å². The molecule has 0 N–H and O–H groups in total. The minimum absolute atomic E-state index is 0.353. The van der Waals surface area contributed by atoms with Crippen LogP contribution in [0.5, 0.6) is 0 Å². The van der Waals surface area contributed by atoms with Gasteiger partial charge in [-0.25, -0.2) is 0 Å². The minimum atomic E-state index is -3.21. The number of hydrogen-bond acceptors (Lipinski definition) is 3. The van der Waals surface area contributed by atoms with Crippen LogP contribution < -0.4 is 0 Å². The second-order valence-electron chi connectivity index (χ2n) is 3.47. The fourth-order valence-electron chi connectivity index (χ4n) is 1.15. The molecular formula is C8H16O3S. The van der Waals surface area contributed by atoms with E-state index in [4.69, 9.17) is 0 Å². The van der Waals surface area contributed by atoms with Crippen LogP contribution in [0, 0.1) is 5.92 Å². The minimum Gasteiger partial charge on any atom is -0.270 e. The molecule has 0 saturated heterocycles. The molecule has 0 aromatic rings. The maximum absolute atomic E-state index is 10.5. The van der Waals surface area contributed by atoms with Gasteiger partial charge in [-0.1, -0.05) is 25.7 Å². The van der Waals surface area contributed by atoms with Gasteiger partial charge in [0.15, 0.2) is 0 Å². The molecule has 3 nitrogen and oxygen atoms in total. The van der Waals surface area contributed by atoms with Gasteiger partial charge in [-0.05, 0) is 12.3 Å². The van der Waals surface area contributed by atoms with Crippen LogP contribution in [-0.4, -0.2) is 21.3 Å². The molecule has 1 aliphatic carbocycles. The largest absolute Gasteiger partial charge is 0.270 e. The SMILES string of the molecule is CS(=O)(=O)OCCCCC1CC1. The van der Waals surface area contributed by atoms with E-state index in [1.165, 1.54) is 19.3 Å². The molecule has 0 amide bonds. The maximum Gasteiger partial charge on any atom is 0.264 e. The summed E-state index contributed by atoms with van der Waals surface area (Å²) in [5, 5.41) is 0. The summed E-state index contributed by atoms with van der Waals surface area (Å²) in [5.74, 6) is 0.934. The van der Waals surface area contributed by atoms with Gasteiger partial charge in [-0.3, -0.25) is 4.18 Å².